The Hall–Kier alpha value is -2.36. The second-order valence-electron chi connectivity index (χ2n) is 4.81. The van der Waals surface area contributed by atoms with Crippen LogP contribution in [0.3, 0.4) is 0 Å². The van der Waals surface area contributed by atoms with Crippen LogP contribution < -0.4 is 4.90 Å². The van der Waals surface area contributed by atoms with Crippen molar-refractivity contribution in [3.8, 4) is 0 Å². The molecule has 0 fully saturated rings. The molecule has 0 saturated carbocycles. The summed E-state index contributed by atoms with van der Waals surface area (Å²) in [6.45, 7) is 1.89. The predicted octanol–water partition coefficient (Wildman–Crippen LogP) is 3.10. The standard InChI is InChI=1S/C16H15NO3/c1-2-5-14(18)20-10-17-13-9-4-7-11-6-3-8-12(15(11)13)16(17)19/h3-4,6-9H,2,5,10H2,1H3. The summed E-state index contributed by atoms with van der Waals surface area (Å²) in [4.78, 5) is 25.4. The van der Waals surface area contributed by atoms with E-state index >= 15 is 0 Å². The van der Waals surface area contributed by atoms with E-state index in [-0.39, 0.29) is 18.6 Å². The Balaban J connectivity index is 1.91. The summed E-state index contributed by atoms with van der Waals surface area (Å²) in [6.07, 6.45) is 1.11. The Morgan fingerprint density at radius 2 is 1.95 bits per heavy atom. The van der Waals surface area contributed by atoms with Gasteiger partial charge in [-0.3, -0.25) is 14.5 Å². The van der Waals surface area contributed by atoms with Crippen molar-refractivity contribution in [1.82, 2.24) is 0 Å². The predicted molar refractivity (Wildman–Crippen MR) is 76.6 cm³/mol. The van der Waals surface area contributed by atoms with Gasteiger partial charge in [0.15, 0.2) is 6.73 Å². The lowest BCUT2D eigenvalue weighted by Crippen LogP contribution is -2.30. The molecule has 20 heavy (non-hydrogen) atoms. The second-order valence-corrected chi connectivity index (χ2v) is 4.81. The number of anilines is 1. The largest absolute Gasteiger partial charge is 0.444 e. The molecule has 0 aliphatic carbocycles. The minimum atomic E-state index is -0.275. The van der Waals surface area contributed by atoms with Gasteiger partial charge in [-0.2, -0.15) is 0 Å². The van der Waals surface area contributed by atoms with Crippen molar-refractivity contribution in [3.05, 3.63) is 42.0 Å². The number of esters is 1. The summed E-state index contributed by atoms with van der Waals surface area (Å²) in [7, 11) is 0. The molecule has 0 aromatic heterocycles. The van der Waals surface area contributed by atoms with Gasteiger partial charge >= 0.3 is 5.97 Å². The zero-order valence-corrected chi connectivity index (χ0v) is 11.3. The van der Waals surface area contributed by atoms with Crippen LogP contribution in [0.5, 0.6) is 0 Å². The van der Waals surface area contributed by atoms with Crippen LogP contribution in [0, 0.1) is 0 Å². The number of ether oxygens (including phenoxy) is 1. The maximum atomic E-state index is 12.4. The fourth-order valence-electron chi connectivity index (χ4n) is 2.52. The van der Waals surface area contributed by atoms with E-state index < -0.39 is 0 Å². The summed E-state index contributed by atoms with van der Waals surface area (Å²) < 4.78 is 5.17. The quantitative estimate of drug-likeness (QED) is 0.801. The van der Waals surface area contributed by atoms with Gasteiger partial charge < -0.3 is 4.74 Å². The van der Waals surface area contributed by atoms with Crippen LogP contribution in [-0.2, 0) is 9.53 Å². The number of hydrogen-bond donors (Lipinski definition) is 0. The van der Waals surface area contributed by atoms with Crippen LogP contribution >= 0.6 is 0 Å². The van der Waals surface area contributed by atoms with Gasteiger partial charge in [-0.05, 0) is 23.9 Å². The highest BCUT2D eigenvalue weighted by atomic mass is 16.5. The van der Waals surface area contributed by atoms with Crippen LogP contribution in [0.4, 0.5) is 5.69 Å². The van der Waals surface area contributed by atoms with Gasteiger partial charge in [-0.1, -0.05) is 31.2 Å². The number of carbonyl (C=O) groups is 2. The first kappa shape index (κ1) is 12.7. The number of amides is 1. The van der Waals surface area contributed by atoms with Gasteiger partial charge in [0.2, 0.25) is 0 Å². The molecular weight excluding hydrogens is 254 g/mol. The summed E-state index contributed by atoms with van der Waals surface area (Å²) in [6, 6.07) is 11.4. The zero-order valence-electron chi connectivity index (χ0n) is 11.3. The maximum absolute atomic E-state index is 12.4. The molecule has 0 spiro atoms. The van der Waals surface area contributed by atoms with E-state index in [9.17, 15) is 9.59 Å². The molecule has 4 nitrogen and oxygen atoms in total. The second kappa shape index (κ2) is 4.96. The third-order valence-electron chi connectivity index (χ3n) is 3.46. The summed E-state index contributed by atoms with van der Waals surface area (Å²) in [5.74, 6) is -0.385. The van der Waals surface area contributed by atoms with Crippen LogP contribution in [-0.4, -0.2) is 18.6 Å². The molecule has 1 aliphatic rings. The Bertz CT molecular complexity index is 688. The Morgan fingerprint density at radius 3 is 2.70 bits per heavy atom. The third-order valence-corrected chi connectivity index (χ3v) is 3.46. The van der Waals surface area contributed by atoms with Crippen molar-refractivity contribution < 1.29 is 14.3 Å². The summed E-state index contributed by atoms with van der Waals surface area (Å²) in [5.41, 5.74) is 1.48. The number of hydrogen-bond acceptors (Lipinski definition) is 3. The molecule has 0 saturated heterocycles. The topological polar surface area (TPSA) is 46.6 Å². The SMILES string of the molecule is CCCC(=O)OCN1C(=O)c2cccc3cccc1c23. The van der Waals surface area contributed by atoms with Gasteiger partial charge in [0.1, 0.15) is 0 Å². The lowest BCUT2D eigenvalue weighted by Gasteiger charge is -2.17. The molecule has 0 atom stereocenters. The van der Waals surface area contributed by atoms with Crippen molar-refractivity contribution >= 4 is 28.3 Å². The summed E-state index contributed by atoms with van der Waals surface area (Å²) >= 11 is 0. The van der Waals surface area contributed by atoms with E-state index in [0.29, 0.717) is 12.0 Å². The highest BCUT2D eigenvalue weighted by Crippen LogP contribution is 2.36. The van der Waals surface area contributed by atoms with E-state index in [1.54, 1.807) is 0 Å². The van der Waals surface area contributed by atoms with Crippen molar-refractivity contribution in [2.75, 3.05) is 11.6 Å². The number of rotatable bonds is 4. The lowest BCUT2D eigenvalue weighted by atomic mass is 10.1. The van der Waals surface area contributed by atoms with E-state index in [2.05, 4.69) is 0 Å². The monoisotopic (exact) mass is 269 g/mol. The fourth-order valence-corrected chi connectivity index (χ4v) is 2.52. The van der Waals surface area contributed by atoms with Gasteiger partial charge in [0.05, 0.1) is 5.69 Å². The van der Waals surface area contributed by atoms with Crippen LogP contribution in [0.1, 0.15) is 30.1 Å². The van der Waals surface area contributed by atoms with E-state index in [4.69, 9.17) is 4.74 Å². The third kappa shape index (κ3) is 1.93. The molecule has 0 radical (unpaired) electrons. The molecule has 3 rings (SSSR count). The molecular formula is C16H15NO3. The minimum absolute atomic E-state index is 0.0224. The lowest BCUT2D eigenvalue weighted by molar-refractivity contribution is -0.143. The molecule has 2 aromatic rings. The Labute approximate surface area is 116 Å². The molecule has 1 aliphatic heterocycles. The van der Waals surface area contributed by atoms with Gasteiger partial charge in [-0.15, -0.1) is 0 Å². The number of carbonyl (C=O) groups excluding carboxylic acids is 2. The normalized spacial score (nSPS) is 13.1. The number of nitrogens with zero attached hydrogens (tertiary/aromatic N) is 1. The van der Waals surface area contributed by atoms with Crippen LogP contribution in [0.2, 0.25) is 0 Å². The molecule has 0 bridgehead atoms. The highest BCUT2D eigenvalue weighted by Gasteiger charge is 2.30. The van der Waals surface area contributed by atoms with Gasteiger partial charge in [-0.25, -0.2) is 0 Å². The van der Waals surface area contributed by atoms with Crippen molar-refractivity contribution in [2.24, 2.45) is 0 Å². The highest BCUT2D eigenvalue weighted by molar-refractivity contribution is 6.24. The van der Waals surface area contributed by atoms with E-state index in [0.717, 1.165) is 22.9 Å². The average Bonchev–Trinajstić information content (AvgIpc) is 2.73. The molecule has 4 heteroatoms. The first-order valence-corrected chi connectivity index (χ1v) is 6.71. The smallest absolute Gasteiger partial charge is 0.307 e. The Kier molecular flexibility index (Phi) is 3.14. The van der Waals surface area contributed by atoms with Crippen molar-refractivity contribution in [3.63, 3.8) is 0 Å². The van der Waals surface area contributed by atoms with Crippen LogP contribution in [0.15, 0.2) is 36.4 Å². The van der Waals surface area contributed by atoms with Crippen molar-refractivity contribution in [2.45, 2.75) is 19.8 Å². The first-order valence-electron chi connectivity index (χ1n) is 6.71. The fraction of sp³-hybridized carbons (Fsp3) is 0.250. The minimum Gasteiger partial charge on any atom is -0.444 e. The number of benzene rings is 2. The molecule has 1 amide bonds. The molecule has 2 aromatic carbocycles. The molecule has 0 unspecified atom stereocenters. The first-order chi connectivity index (χ1) is 9.72. The van der Waals surface area contributed by atoms with E-state index in [1.165, 1.54) is 4.90 Å². The van der Waals surface area contributed by atoms with Crippen molar-refractivity contribution in [1.29, 1.82) is 0 Å². The average molecular weight is 269 g/mol. The van der Waals surface area contributed by atoms with Gasteiger partial charge in [0.25, 0.3) is 5.91 Å². The Morgan fingerprint density at radius 1 is 1.20 bits per heavy atom. The van der Waals surface area contributed by atoms with Gasteiger partial charge in [0, 0.05) is 17.4 Å². The summed E-state index contributed by atoms with van der Waals surface area (Å²) in [5, 5.41) is 1.96. The molecule has 1 heterocycles. The maximum Gasteiger partial charge on any atom is 0.307 e. The van der Waals surface area contributed by atoms with E-state index in [1.807, 2.05) is 43.3 Å². The van der Waals surface area contributed by atoms with Crippen LogP contribution in [0.25, 0.3) is 10.8 Å². The molecule has 0 N–H and O–H groups in total. The molecule has 102 valence electrons. The zero-order chi connectivity index (χ0) is 14.1.